The lowest BCUT2D eigenvalue weighted by Gasteiger charge is -2.44. The molecule has 1 aliphatic heterocycles. The molecule has 2 aliphatic rings. The molecular formula is C49H32N2S. The molecule has 0 bridgehead atoms. The number of fused-ring (bicyclic) bond motifs is 8. The SMILES string of the molecule is c1ccc(N2c3ccccc3C3(c4ccccc4)c4cc(N(c5ccccc5)c5cccc6sc7ccccc7c56)ccc4-c4cccc2c43)cc1. The molecule has 1 aliphatic carbocycles. The predicted molar refractivity (Wildman–Crippen MR) is 220 cm³/mol. The third kappa shape index (κ3) is 4.00. The molecule has 9 aromatic rings. The Morgan fingerprint density at radius 2 is 1.13 bits per heavy atom. The number of benzene rings is 8. The van der Waals surface area contributed by atoms with E-state index in [-0.39, 0.29) is 0 Å². The lowest BCUT2D eigenvalue weighted by atomic mass is 9.65. The Hall–Kier alpha value is -6.42. The second kappa shape index (κ2) is 11.3. The predicted octanol–water partition coefficient (Wildman–Crippen LogP) is 13.7. The highest BCUT2D eigenvalue weighted by atomic mass is 32.1. The largest absolute Gasteiger partial charge is 0.310 e. The molecule has 11 rings (SSSR count). The fraction of sp³-hybridized carbons (Fsp3) is 0.0204. The number of hydrogen-bond donors (Lipinski definition) is 0. The number of anilines is 6. The number of nitrogens with zero attached hydrogens (tertiary/aromatic N) is 2. The maximum atomic E-state index is 2.49. The van der Waals surface area contributed by atoms with E-state index in [9.17, 15) is 0 Å². The van der Waals surface area contributed by atoms with Gasteiger partial charge >= 0.3 is 0 Å². The second-order valence-electron chi connectivity index (χ2n) is 13.7. The molecule has 8 aromatic carbocycles. The van der Waals surface area contributed by atoms with Gasteiger partial charge in [-0.15, -0.1) is 11.3 Å². The molecule has 2 heterocycles. The first-order chi connectivity index (χ1) is 25.8. The van der Waals surface area contributed by atoms with Gasteiger partial charge in [-0.1, -0.05) is 127 Å². The van der Waals surface area contributed by atoms with Crippen molar-refractivity contribution >= 4 is 65.6 Å². The van der Waals surface area contributed by atoms with Crippen molar-refractivity contribution in [1.29, 1.82) is 0 Å². The van der Waals surface area contributed by atoms with E-state index in [2.05, 4.69) is 204 Å². The van der Waals surface area contributed by atoms with Crippen LogP contribution in [0.2, 0.25) is 0 Å². The van der Waals surface area contributed by atoms with Crippen LogP contribution in [0.3, 0.4) is 0 Å². The van der Waals surface area contributed by atoms with Crippen molar-refractivity contribution in [2.45, 2.75) is 5.41 Å². The smallest absolute Gasteiger partial charge is 0.0755 e. The summed E-state index contributed by atoms with van der Waals surface area (Å²) in [6, 6.07) is 71.5. The molecule has 0 N–H and O–H groups in total. The summed E-state index contributed by atoms with van der Waals surface area (Å²) in [5, 5.41) is 2.58. The van der Waals surface area contributed by atoms with Gasteiger partial charge in [0.1, 0.15) is 0 Å². The average Bonchev–Trinajstić information content (AvgIpc) is 3.75. The van der Waals surface area contributed by atoms with Gasteiger partial charge in [0.05, 0.1) is 22.5 Å². The van der Waals surface area contributed by atoms with Crippen molar-refractivity contribution in [1.82, 2.24) is 0 Å². The summed E-state index contributed by atoms with van der Waals surface area (Å²) in [5.74, 6) is 0. The maximum absolute atomic E-state index is 2.49. The zero-order valence-corrected chi connectivity index (χ0v) is 29.1. The summed E-state index contributed by atoms with van der Waals surface area (Å²) in [5.41, 5.74) is 14.3. The molecule has 1 unspecified atom stereocenters. The van der Waals surface area contributed by atoms with Gasteiger partial charge in [-0.05, 0) is 94.5 Å². The quantitative estimate of drug-likeness (QED) is 0.179. The lowest BCUT2D eigenvalue weighted by Crippen LogP contribution is -2.36. The van der Waals surface area contributed by atoms with Crippen molar-refractivity contribution in [3.05, 3.63) is 216 Å². The monoisotopic (exact) mass is 680 g/mol. The second-order valence-corrected chi connectivity index (χ2v) is 14.7. The van der Waals surface area contributed by atoms with Gasteiger partial charge in [-0.3, -0.25) is 0 Å². The highest BCUT2D eigenvalue weighted by Crippen LogP contribution is 2.65. The van der Waals surface area contributed by atoms with Crippen LogP contribution in [0.15, 0.2) is 194 Å². The molecule has 3 heteroatoms. The van der Waals surface area contributed by atoms with E-state index in [0.29, 0.717) is 0 Å². The van der Waals surface area contributed by atoms with Gasteiger partial charge in [0.2, 0.25) is 0 Å². The normalized spacial score (nSPS) is 15.3. The maximum Gasteiger partial charge on any atom is 0.0755 e. The van der Waals surface area contributed by atoms with Crippen molar-refractivity contribution in [3.63, 3.8) is 0 Å². The molecule has 244 valence electrons. The van der Waals surface area contributed by atoms with Crippen molar-refractivity contribution in [2.75, 3.05) is 9.80 Å². The average molecular weight is 681 g/mol. The molecule has 1 aromatic heterocycles. The van der Waals surface area contributed by atoms with E-state index in [1.165, 1.54) is 70.6 Å². The topological polar surface area (TPSA) is 6.48 Å². The molecule has 0 saturated carbocycles. The van der Waals surface area contributed by atoms with E-state index >= 15 is 0 Å². The van der Waals surface area contributed by atoms with Crippen LogP contribution < -0.4 is 9.80 Å². The summed E-state index contributed by atoms with van der Waals surface area (Å²) in [4.78, 5) is 4.93. The molecule has 0 saturated heterocycles. The Balaban J connectivity index is 1.23. The number of thiophene rings is 1. The van der Waals surface area contributed by atoms with E-state index in [1.54, 1.807) is 0 Å². The Kier molecular flexibility index (Phi) is 6.37. The van der Waals surface area contributed by atoms with E-state index < -0.39 is 5.41 Å². The van der Waals surface area contributed by atoms with Crippen LogP contribution >= 0.6 is 11.3 Å². The lowest BCUT2D eigenvalue weighted by molar-refractivity contribution is 0.753. The highest BCUT2D eigenvalue weighted by Gasteiger charge is 2.52. The van der Waals surface area contributed by atoms with Gasteiger partial charge in [-0.2, -0.15) is 0 Å². The zero-order chi connectivity index (χ0) is 34.2. The first kappa shape index (κ1) is 29.3. The number of para-hydroxylation sites is 3. The van der Waals surface area contributed by atoms with Crippen LogP contribution in [0.5, 0.6) is 0 Å². The van der Waals surface area contributed by atoms with Gasteiger partial charge in [0.15, 0.2) is 0 Å². The van der Waals surface area contributed by atoms with E-state index in [0.717, 1.165) is 17.1 Å². The van der Waals surface area contributed by atoms with Crippen LogP contribution in [-0.2, 0) is 5.41 Å². The Morgan fingerprint density at radius 1 is 0.462 bits per heavy atom. The third-order valence-corrected chi connectivity index (χ3v) is 12.2. The minimum atomic E-state index is -0.524. The summed E-state index contributed by atoms with van der Waals surface area (Å²) >= 11 is 1.86. The molecule has 2 nitrogen and oxygen atoms in total. The molecule has 0 radical (unpaired) electrons. The van der Waals surface area contributed by atoms with Crippen LogP contribution in [0.1, 0.15) is 22.3 Å². The van der Waals surface area contributed by atoms with Crippen molar-refractivity contribution in [2.24, 2.45) is 0 Å². The number of hydrogen-bond acceptors (Lipinski definition) is 3. The molecule has 0 amide bonds. The molecule has 1 atom stereocenters. The fourth-order valence-corrected chi connectivity index (χ4v) is 10.2. The minimum absolute atomic E-state index is 0.524. The van der Waals surface area contributed by atoms with Crippen LogP contribution in [0.25, 0.3) is 31.3 Å². The molecular weight excluding hydrogens is 649 g/mol. The summed E-state index contributed by atoms with van der Waals surface area (Å²) in [6.07, 6.45) is 0. The standard InChI is InChI=1S/C49H32N2S/c1-4-16-33(17-5-1)49-40-24-11-12-25-42(40)51(35-20-8-3-9-21-35)44-27-14-23-38(48(44)49)37-31-30-36(32-41(37)49)50(34-18-6-2-7-19-34)43-26-15-29-46-47(43)39-22-10-13-28-45(39)52-46/h1-32H. The summed E-state index contributed by atoms with van der Waals surface area (Å²) in [7, 11) is 0. The van der Waals surface area contributed by atoms with Gasteiger partial charge in [0, 0.05) is 42.8 Å². The Morgan fingerprint density at radius 3 is 1.98 bits per heavy atom. The first-order valence-electron chi connectivity index (χ1n) is 17.9. The molecule has 0 spiro atoms. The third-order valence-electron chi connectivity index (χ3n) is 11.0. The Bertz CT molecular complexity index is 2810. The van der Waals surface area contributed by atoms with Crippen molar-refractivity contribution in [3.8, 4) is 11.1 Å². The highest BCUT2D eigenvalue weighted by molar-refractivity contribution is 7.26. The van der Waals surface area contributed by atoms with E-state index in [1.807, 2.05) is 11.3 Å². The van der Waals surface area contributed by atoms with Crippen molar-refractivity contribution < 1.29 is 0 Å². The fourth-order valence-electron chi connectivity index (χ4n) is 9.04. The van der Waals surface area contributed by atoms with Crippen LogP contribution in [0.4, 0.5) is 34.1 Å². The first-order valence-corrected chi connectivity index (χ1v) is 18.7. The zero-order valence-electron chi connectivity index (χ0n) is 28.3. The summed E-state index contributed by atoms with van der Waals surface area (Å²) in [6.45, 7) is 0. The molecule has 52 heavy (non-hydrogen) atoms. The Labute approximate surface area is 307 Å². The van der Waals surface area contributed by atoms with Gasteiger partial charge < -0.3 is 9.80 Å². The summed E-state index contributed by atoms with van der Waals surface area (Å²) < 4.78 is 2.60. The van der Waals surface area contributed by atoms with E-state index in [4.69, 9.17) is 0 Å². The minimum Gasteiger partial charge on any atom is -0.310 e. The number of rotatable bonds is 5. The van der Waals surface area contributed by atoms with Gasteiger partial charge in [-0.25, -0.2) is 0 Å². The van der Waals surface area contributed by atoms with Crippen LogP contribution in [0, 0.1) is 0 Å². The van der Waals surface area contributed by atoms with Gasteiger partial charge in [0.25, 0.3) is 0 Å². The van der Waals surface area contributed by atoms with Crippen LogP contribution in [-0.4, -0.2) is 0 Å². The molecule has 0 fully saturated rings.